The zero-order chi connectivity index (χ0) is 22.1. The Morgan fingerprint density at radius 3 is 3.06 bits per heavy atom. The van der Waals surface area contributed by atoms with E-state index in [1.807, 2.05) is 6.07 Å². The SMILES string of the molecule is CN=C(C=C(C)N)c1cnc(NCc2c(F)ccc3c2C(O)CO3)n2cc(C#N)nc12. The zero-order valence-corrected chi connectivity index (χ0v) is 16.9. The van der Waals surface area contributed by atoms with Gasteiger partial charge in [-0.15, -0.1) is 0 Å². The van der Waals surface area contributed by atoms with Crippen molar-refractivity contribution in [1.29, 1.82) is 5.26 Å². The summed E-state index contributed by atoms with van der Waals surface area (Å²) in [5, 5.41) is 22.6. The highest BCUT2D eigenvalue weighted by molar-refractivity contribution is 6.12. The Morgan fingerprint density at radius 1 is 1.55 bits per heavy atom. The number of aliphatic hydroxyl groups excluding tert-OH is 1. The van der Waals surface area contributed by atoms with Crippen molar-refractivity contribution in [2.45, 2.75) is 19.6 Å². The minimum atomic E-state index is -0.897. The molecule has 31 heavy (non-hydrogen) atoms. The van der Waals surface area contributed by atoms with Crippen molar-refractivity contribution in [2.75, 3.05) is 19.0 Å². The van der Waals surface area contributed by atoms with Crippen molar-refractivity contribution >= 4 is 17.3 Å². The highest BCUT2D eigenvalue weighted by atomic mass is 19.1. The second-order valence-corrected chi connectivity index (χ2v) is 7.04. The summed E-state index contributed by atoms with van der Waals surface area (Å²) < 4.78 is 21.5. The predicted molar refractivity (Wildman–Crippen MR) is 112 cm³/mol. The van der Waals surface area contributed by atoms with Crippen LogP contribution in [0.3, 0.4) is 0 Å². The molecule has 0 bridgehead atoms. The number of halogens is 1. The van der Waals surface area contributed by atoms with Gasteiger partial charge in [-0.25, -0.2) is 14.4 Å². The van der Waals surface area contributed by atoms with Gasteiger partial charge in [-0.3, -0.25) is 9.39 Å². The molecule has 1 aliphatic rings. The number of nitrogens with one attached hydrogen (secondary N) is 1. The van der Waals surface area contributed by atoms with Gasteiger partial charge in [-0.05, 0) is 25.1 Å². The van der Waals surface area contributed by atoms with Crippen molar-refractivity contribution in [3.8, 4) is 11.8 Å². The molecular formula is C21H20FN7O2. The molecule has 1 aliphatic heterocycles. The maximum absolute atomic E-state index is 14.5. The number of allylic oxidation sites excluding steroid dienone is 2. The van der Waals surface area contributed by atoms with Crippen LogP contribution in [-0.4, -0.2) is 38.8 Å². The number of aliphatic imine (C=N–C) groups is 1. The van der Waals surface area contributed by atoms with E-state index in [1.54, 1.807) is 30.6 Å². The number of anilines is 1. The second kappa shape index (κ2) is 8.04. The fourth-order valence-electron chi connectivity index (χ4n) is 3.53. The van der Waals surface area contributed by atoms with Gasteiger partial charge < -0.3 is 20.9 Å². The molecule has 4 rings (SSSR count). The standard InChI is InChI=1S/C21H20FN7O2/c1-11(24)5-16(25-2)14-8-27-21(29-9-12(6-23)28-20(14)29)26-7-13-15(22)3-4-18-19(13)17(30)10-31-18/h3-5,8-9,17,30H,7,10,24H2,1-2H3,(H,26,27). The Morgan fingerprint density at radius 2 is 2.35 bits per heavy atom. The number of aliphatic hydroxyl groups is 1. The number of nitrogens with two attached hydrogens (primary N) is 1. The van der Waals surface area contributed by atoms with Crippen LogP contribution in [0.25, 0.3) is 5.65 Å². The quantitative estimate of drug-likeness (QED) is 0.537. The van der Waals surface area contributed by atoms with Crippen molar-refractivity contribution < 1.29 is 14.2 Å². The van der Waals surface area contributed by atoms with E-state index in [2.05, 4.69) is 20.3 Å². The summed E-state index contributed by atoms with van der Waals surface area (Å²) in [6.07, 6.45) is 3.89. The van der Waals surface area contributed by atoms with Crippen LogP contribution < -0.4 is 15.8 Å². The Bertz CT molecular complexity index is 1270. The summed E-state index contributed by atoms with van der Waals surface area (Å²) in [5.74, 6) is 0.347. The summed E-state index contributed by atoms with van der Waals surface area (Å²) in [7, 11) is 1.62. The molecule has 158 valence electrons. The Kier molecular flexibility index (Phi) is 5.27. The number of imidazole rings is 1. The van der Waals surface area contributed by atoms with Gasteiger partial charge in [0.15, 0.2) is 11.3 Å². The summed E-state index contributed by atoms with van der Waals surface area (Å²) in [6.45, 7) is 1.87. The molecule has 10 heteroatoms. The number of benzene rings is 1. The van der Waals surface area contributed by atoms with Crippen molar-refractivity contribution in [1.82, 2.24) is 14.4 Å². The molecule has 0 saturated heterocycles. The topological polar surface area (TPSA) is 134 Å². The van der Waals surface area contributed by atoms with Crippen LogP contribution in [-0.2, 0) is 6.54 Å². The Hall–Kier alpha value is -3.97. The number of aromatic nitrogens is 3. The lowest BCUT2D eigenvalue weighted by Gasteiger charge is -2.14. The number of nitrogens with zero attached hydrogens (tertiary/aromatic N) is 5. The third-order valence-electron chi connectivity index (χ3n) is 4.90. The molecule has 1 aromatic carbocycles. The number of rotatable bonds is 5. The molecule has 1 atom stereocenters. The lowest BCUT2D eigenvalue weighted by atomic mass is 10.0. The largest absolute Gasteiger partial charge is 0.490 e. The lowest BCUT2D eigenvalue weighted by molar-refractivity contribution is 0.140. The van der Waals surface area contributed by atoms with E-state index in [4.69, 9.17) is 10.5 Å². The molecule has 4 N–H and O–H groups in total. The molecule has 0 aliphatic carbocycles. The van der Waals surface area contributed by atoms with Gasteiger partial charge in [0.05, 0.1) is 17.5 Å². The molecule has 0 amide bonds. The molecule has 3 heterocycles. The molecule has 3 aromatic rings. The first kappa shape index (κ1) is 20.3. The predicted octanol–water partition coefficient (Wildman–Crippen LogP) is 2.06. The fourth-order valence-corrected chi connectivity index (χ4v) is 3.53. The maximum atomic E-state index is 14.5. The van der Waals surface area contributed by atoms with Crippen LogP contribution in [0.15, 0.2) is 41.3 Å². The second-order valence-electron chi connectivity index (χ2n) is 7.04. The number of ether oxygens (including phenoxy) is 1. The van der Waals surface area contributed by atoms with Crippen LogP contribution in [0.5, 0.6) is 5.75 Å². The lowest BCUT2D eigenvalue weighted by Crippen LogP contribution is -2.12. The van der Waals surface area contributed by atoms with E-state index in [-0.39, 0.29) is 18.8 Å². The summed E-state index contributed by atoms with van der Waals surface area (Å²) in [4.78, 5) is 13.0. The maximum Gasteiger partial charge on any atom is 0.208 e. The normalized spacial score (nSPS) is 16.2. The van der Waals surface area contributed by atoms with E-state index in [0.717, 1.165) is 0 Å². The minimum absolute atomic E-state index is 0.0491. The van der Waals surface area contributed by atoms with Crippen molar-refractivity contribution in [3.63, 3.8) is 0 Å². The van der Waals surface area contributed by atoms with Gasteiger partial charge in [0.25, 0.3) is 0 Å². The van der Waals surface area contributed by atoms with Gasteiger partial charge >= 0.3 is 0 Å². The summed E-state index contributed by atoms with van der Waals surface area (Å²) in [5.41, 5.74) is 8.87. The van der Waals surface area contributed by atoms with E-state index in [9.17, 15) is 14.8 Å². The van der Waals surface area contributed by atoms with Crippen LogP contribution in [0, 0.1) is 17.1 Å². The first-order valence-corrected chi connectivity index (χ1v) is 9.48. The average Bonchev–Trinajstić information content (AvgIpc) is 3.35. The molecular weight excluding hydrogens is 401 g/mol. The van der Waals surface area contributed by atoms with Crippen molar-refractivity contribution in [3.05, 3.63) is 64.5 Å². The van der Waals surface area contributed by atoms with Crippen LogP contribution in [0.1, 0.15) is 35.4 Å². The van der Waals surface area contributed by atoms with E-state index >= 15 is 0 Å². The van der Waals surface area contributed by atoms with Gasteiger partial charge in [-0.1, -0.05) is 0 Å². The highest BCUT2D eigenvalue weighted by Gasteiger charge is 2.27. The number of fused-ring (bicyclic) bond motifs is 2. The Labute approximate surface area is 177 Å². The monoisotopic (exact) mass is 421 g/mol. The first-order chi connectivity index (χ1) is 14.9. The first-order valence-electron chi connectivity index (χ1n) is 9.48. The van der Waals surface area contributed by atoms with E-state index < -0.39 is 11.9 Å². The fraction of sp³-hybridized carbons (Fsp3) is 0.238. The van der Waals surface area contributed by atoms with Crippen LogP contribution in [0.4, 0.5) is 10.3 Å². The van der Waals surface area contributed by atoms with Gasteiger partial charge in [0, 0.05) is 36.6 Å². The molecule has 0 radical (unpaired) electrons. The smallest absolute Gasteiger partial charge is 0.208 e. The number of hydrogen-bond acceptors (Lipinski definition) is 8. The van der Waals surface area contributed by atoms with Gasteiger partial charge in [-0.2, -0.15) is 5.26 Å². The highest BCUT2D eigenvalue weighted by Crippen LogP contribution is 2.36. The molecule has 0 fully saturated rings. The third kappa shape index (κ3) is 3.67. The van der Waals surface area contributed by atoms with E-state index in [0.29, 0.717) is 45.4 Å². The average molecular weight is 421 g/mol. The number of nitriles is 1. The molecule has 1 unspecified atom stereocenters. The molecule has 9 nitrogen and oxygen atoms in total. The zero-order valence-electron chi connectivity index (χ0n) is 16.9. The van der Waals surface area contributed by atoms with Crippen LogP contribution in [0.2, 0.25) is 0 Å². The summed E-state index contributed by atoms with van der Waals surface area (Å²) >= 11 is 0. The van der Waals surface area contributed by atoms with Crippen molar-refractivity contribution in [2.24, 2.45) is 10.7 Å². The van der Waals surface area contributed by atoms with Gasteiger partial charge in [0.2, 0.25) is 5.95 Å². The minimum Gasteiger partial charge on any atom is -0.490 e. The number of hydrogen-bond donors (Lipinski definition) is 3. The summed E-state index contributed by atoms with van der Waals surface area (Å²) in [6, 6.07) is 4.82. The third-order valence-corrected chi connectivity index (χ3v) is 4.90. The molecule has 0 spiro atoms. The Balaban J connectivity index is 1.75. The molecule has 0 saturated carbocycles. The molecule has 2 aromatic heterocycles. The van der Waals surface area contributed by atoms with Gasteiger partial charge in [0.1, 0.15) is 30.3 Å². The van der Waals surface area contributed by atoms with E-state index in [1.165, 1.54) is 18.3 Å². The van der Waals surface area contributed by atoms with Crippen LogP contribution >= 0.6 is 0 Å².